The molecule has 2 atom stereocenters. The van der Waals surface area contributed by atoms with Crippen molar-refractivity contribution >= 4 is 6.03 Å². The Kier molecular flexibility index (Phi) is 5.95. The van der Waals surface area contributed by atoms with Crippen LogP contribution in [0.15, 0.2) is 12.1 Å². The lowest BCUT2D eigenvalue weighted by molar-refractivity contribution is 0.212. The van der Waals surface area contributed by atoms with Crippen LogP contribution in [0.1, 0.15) is 43.0 Å². The minimum atomic E-state index is -0.335. The number of urea groups is 1. The number of carbonyl (C=O) groups excluding carboxylic acids is 1. The number of carbonyl (C=O) groups is 1. The second-order valence-corrected chi connectivity index (χ2v) is 5.10. The van der Waals surface area contributed by atoms with Gasteiger partial charge in [-0.05, 0) is 43.9 Å². The second-order valence-electron chi connectivity index (χ2n) is 5.10. The van der Waals surface area contributed by atoms with Crippen LogP contribution >= 0.6 is 0 Å². The summed E-state index contributed by atoms with van der Waals surface area (Å²) in [5.41, 5.74) is 1.99. The third-order valence-electron chi connectivity index (χ3n) is 3.35. The minimum Gasteiger partial charge on any atom is -0.394 e. The summed E-state index contributed by atoms with van der Waals surface area (Å²) < 4.78 is 13.6. The van der Waals surface area contributed by atoms with E-state index in [1.807, 2.05) is 13.8 Å². The molecule has 112 valence electrons. The Bertz CT molecular complexity index is 450. The summed E-state index contributed by atoms with van der Waals surface area (Å²) >= 11 is 0. The van der Waals surface area contributed by atoms with Gasteiger partial charge in [0.25, 0.3) is 0 Å². The third kappa shape index (κ3) is 4.20. The third-order valence-corrected chi connectivity index (χ3v) is 3.35. The van der Waals surface area contributed by atoms with E-state index in [9.17, 15) is 9.18 Å². The standard InChI is InChI=1S/C15H23FN2O2/c1-5-13(8-19)18-15(20)17-11(4)12-6-9(2)14(16)10(3)7-12/h6-7,11,13,19H,5,8H2,1-4H3,(H2,17,18,20)/t11-,13+/m1/s1. The Hall–Kier alpha value is -1.62. The summed E-state index contributed by atoms with van der Waals surface area (Å²) in [6.07, 6.45) is 0.660. The normalized spacial score (nSPS) is 13.7. The molecule has 0 aromatic heterocycles. The molecule has 0 aliphatic rings. The van der Waals surface area contributed by atoms with Crippen LogP contribution in [-0.4, -0.2) is 23.8 Å². The molecule has 2 amide bonds. The molecule has 1 aromatic carbocycles. The SMILES string of the molecule is CC[C@@H](CO)NC(=O)N[C@H](C)c1cc(C)c(F)c(C)c1. The number of nitrogens with one attached hydrogen (secondary N) is 2. The summed E-state index contributed by atoms with van der Waals surface area (Å²) in [5.74, 6) is -0.211. The molecule has 0 bridgehead atoms. The summed E-state index contributed by atoms with van der Waals surface area (Å²) in [5, 5.41) is 14.5. The zero-order valence-electron chi connectivity index (χ0n) is 12.5. The van der Waals surface area contributed by atoms with E-state index in [-0.39, 0.29) is 30.5 Å². The van der Waals surface area contributed by atoms with Gasteiger partial charge in [0.1, 0.15) is 5.82 Å². The predicted molar refractivity (Wildman–Crippen MR) is 77.1 cm³/mol. The molecule has 5 heteroatoms. The number of hydrogen-bond acceptors (Lipinski definition) is 2. The van der Waals surface area contributed by atoms with Crippen molar-refractivity contribution in [3.8, 4) is 0 Å². The predicted octanol–water partition coefficient (Wildman–Crippen LogP) is 2.57. The number of aryl methyl sites for hydroxylation is 2. The van der Waals surface area contributed by atoms with Crippen LogP contribution in [0.2, 0.25) is 0 Å². The first-order valence-electron chi connectivity index (χ1n) is 6.83. The Balaban J connectivity index is 2.71. The van der Waals surface area contributed by atoms with E-state index in [0.29, 0.717) is 17.5 Å². The highest BCUT2D eigenvalue weighted by molar-refractivity contribution is 5.74. The smallest absolute Gasteiger partial charge is 0.315 e. The fourth-order valence-electron chi connectivity index (χ4n) is 2.01. The van der Waals surface area contributed by atoms with Crippen molar-refractivity contribution in [1.29, 1.82) is 0 Å². The first kappa shape index (κ1) is 16.4. The molecule has 4 nitrogen and oxygen atoms in total. The van der Waals surface area contributed by atoms with Crippen LogP contribution in [0, 0.1) is 19.7 Å². The highest BCUT2D eigenvalue weighted by Crippen LogP contribution is 2.19. The Morgan fingerprint density at radius 2 is 1.85 bits per heavy atom. The number of rotatable bonds is 5. The highest BCUT2D eigenvalue weighted by atomic mass is 19.1. The lowest BCUT2D eigenvalue weighted by atomic mass is 10.0. The molecule has 20 heavy (non-hydrogen) atoms. The van der Waals surface area contributed by atoms with Crippen molar-refractivity contribution in [2.24, 2.45) is 0 Å². The molecule has 0 aliphatic heterocycles. The van der Waals surface area contributed by atoms with Crippen molar-refractivity contribution in [1.82, 2.24) is 10.6 Å². The van der Waals surface area contributed by atoms with Gasteiger partial charge in [0.15, 0.2) is 0 Å². The van der Waals surface area contributed by atoms with E-state index in [2.05, 4.69) is 10.6 Å². The largest absolute Gasteiger partial charge is 0.394 e. The van der Waals surface area contributed by atoms with Gasteiger partial charge in [-0.3, -0.25) is 0 Å². The van der Waals surface area contributed by atoms with E-state index in [1.165, 1.54) is 0 Å². The average molecular weight is 282 g/mol. The first-order valence-corrected chi connectivity index (χ1v) is 6.83. The minimum absolute atomic E-state index is 0.0902. The molecule has 0 radical (unpaired) electrons. The van der Waals surface area contributed by atoms with Crippen molar-refractivity contribution in [3.05, 3.63) is 34.6 Å². The Morgan fingerprint density at radius 1 is 1.30 bits per heavy atom. The lowest BCUT2D eigenvalue weighted by Crippen LogP contribution is -2.44. The Morgan fingerprint density at radius 3 is 2.30 bits per heavy atom. The van der Waals surface area contributed by atoms with Crippen molar-refractivity contribution in [2.75, 3.05) is 6.61 Å². The summed E-state index contributed by atoms with van der Waals surface area (Å²) in [4.78, 5) is 11.8. The van der Waals surface area contributed by atoms with E-state index < -0.39 is 0 Å². The number of aliphatic hydroxyl groups excluding tert-OH is 1. The summed E-state index contributed by atoms with van der Waals surface area (Å²) in [6, 6.07) is 2.65. The molecular formula is C15H23FN2O2. The lowest BCUT2D eigenvalue weighted by Gasteiger charge is -2.19. The zero-order chi connectivity index (χ0) is 15.3. The average Bonchev–Trinajstić information content (AvgIpc) is 2.41. The monoisotopic (exact) mass is 282 g/mol. The molecule has 1 rings (SSSR count). The molecular weight excluding hydrogens is 259 g/mol. The summed E-state index contributed by atoms with van der Waals surface area (Å²) in [7, 11) is 0. The van der Waals surface area contributed by atoms with Crippen LogP contribution < -0.4 is 10.6 Å². The first-order chi connectivity index (χ1) is 9.38. The van der Waals surface area contributed by atoms with Gasteiger partial charge in [0.2, 0.25) is 0 Å². The van der Waals surface area contributed by atoms with Crippen LogP contribution in [-0.2, 0) is 0 Å². The van der Waals surface area contributed by atoms with Crippen molar-refractivity contribution in [2.45, 2.75) is 46.2 Å². The van der Waals surface area contributed by atoms with E-state index in [0.717, 1.165) is 5.56 Å². The second kappa shape index (κ2) is 7.24. The fourth-order valence-corrected chi connectivity index (χ4v) is 2.01. The van der Waals surface area contributed by atoms with E-state index >= 15 is 0 Å². The van der Waals surface area contributed by atoms with Crippen molar-refractivity contribution < 1.29 is 14.3 Å². The van der Waals surface area contributed by atoms with Gasteiger partial charge in [-0.1, -0.05) is 19.1 Å². The maximum atomic E-state index is 13.6. The number of aliphatic hydroxyl groups is 1. The molecule has 0 aliphatic carbocycles. The molecule has 3 N–H and O–H groups in total. The molecule has 0 fully saturated rings. The van der Waals surface area contributed by atoms with Gasteiger partial charge in [0, 0.05) is 0 Å². The van der Waals surface area contributed by atoms with Gasteiger partial charge < -0.3 is 15.7 Å². The number of benzene rings is 1. The molecule has 0 saturated heterocycles. The topological polar surface area (TPSA) is 61.4 Å². The number of amides is 2. The van der Waals surface area contributed by atoms with Crippen LogP contribution in [0.25, 0.3) is 0 Å². The Labute approximate surface area is 119 Å². The fraction of sp³-hybridized carbons (Fsp3) is 0.533. The molecule has 0 spiro atoms. The van der Waals surface area contributed by atoms with Gasteiger partial charge in [-0.15, -0.1) is 0 Å². The van der Waals surface area contributed by atoms with Crippen molar-refractivity contribution in [3.63, 3.8) is 0 Å². The maximum Gasteiger partial charge on any atom is 0.315 e. The maximum absolute atomic E-state index is 13.6. The van der Waals surface area contributed by atoms with Gasteiger partial charge in [0.05, 0.1) is 18.7 Å². The van der Waals surface area contributed by atoms with Crippen LogP contribution in [0.3, 0.4) is 0 Å². The van der Waals surface area contributed by atoms with Gasteiger partial charge in [-0.2, -0.15) is 0 Å². The van der Waals surface area contributed by atoms with E-state index in [1.54, 1.807) is 26.0 Å². The highest BCUT2D eigenvalue weighted by Gasteiger charge is 2.14. The molecule has 0 unspecified atom stereocenters. The quantitative estimate of drug-likeness (QED) is 0.777. The summed E-state index contributed by atoms with van der Waals surface area (Å²) in [6.45, 7) is 7.05. The number of hydrogen-bond donors (Lipinski definition) is 3. The van der Waals surface area contributed by atoms with E-state index in [4.69, 9.17) is 5.11 Å². The van der Waals surface area contributed by atoms with Crippen LogP contribution in [0.5, 0.6) is 0 Å². The number of halogens is 1. The molecule has 0 heterocycles. The van der Waals surface area contributed by atoms with Crippen LogP contribution in [0.4, 0.5) is 9.18 Å². The molecule has 0 saturated carbocycles. The van der Waals surface area contributed by atoms with Gasteiger partial charge in [-0.25, -0.2) is 9.18 Å². The van der Waals surface area contributed by atoms with Gasteiger partial charge >= 0.3 is 6.03 Å². The molecule has 1 aromatic rings. The zero-order valence-corrected chi connectivity index (χ0v) is 12.5.